The number of nitrogens with one attached hydrogen (secondary N) is 1. The third kappa shape index (κ3) is 4.79. The Morgan fingerprint density at radius 1 is 1.28 bits per heavy atom. The van der Waals surface area contributed by atoms with Crippen molar-refractivity contribution >= 4 is 5.91 Å². The summed E-state index contributed by atoms with van der Waals surface area (Å²) in [6, 6.07) is 6.69. The molecular weight excluding hydrogens is 320 g/mol. The van der Waals surface area contributed by atoms with Crippen LogP contribution in [0.4, 0.5) is 0 Å². The average Bonchev–Trinajstić information content (AvgIpc) is 3.20. The summed E-state index contributed by atoms with van der Waals surface area (Å²) in [4.78, 5) is 23.7. The molecule has 2 N–H and O–H groups in total. The number of hydrogen-bond acceptors (Lipinski definition) is 4. The normalized spacial score (nSPS) is 22.8. The minimum absolute atomic E-state index is 0.0596. The standard InChI is InChI=1S/C18H24N4O3/c23-16-12-14(13-22-10-4-7-19-22)11-15(16)20-17(24)5-3-9-21-8-2-1-6-18(21)25/h1-2,4,6-8,10,14-16,23H,3,5,9,11-13H2,(H,20,24)/t14?,15-,16-/m1/s1. The van der Waals surface area contributed by atoms with E-state index in [9.17, 15) is 14.7 Å². The van der Waals surface area contributed by atoms with Gasteiger partial charge in [-0.3, -0.25) is 14.3 Å². The zero-order valence-corrected chi connectivity index (χ0v) is 14.1. The molecule has 0 spiro atoms. The van der Waals surface area contributed by atoms with Gasteiger partial charge in [-0.2, -0.15) is 5.10 Å². The molecular formula is C18H24N4O3. The van der Waals surface area contributed by atoms with Crippen LogP contribution in [-0.2, 0) is 17.9 Å². The highest BCUT2D eigenvalue weighted by Gasteiger charge is 2.33. The molecule has 0 aromatic carbocycles. The molecule has 3 rings (SSSR count). The Morgan fingerprint density at radius 2 is 2.16 bits per heavy atom. The Hall–Kier alpha value is -2.41. The van der Waals surface area contributed by atoms with Gasteiger partial charge in [-0.25, -0.2) is 0 Å². The van der Waals surface area contributed by atoms with E-state index in [0.717, 1.165) is 13.0 Å². The van der Waals surface area contributed by atoms with Crippen molar-refractivity contribution in [2.75, 3.05) is 0 Å². The predicted octanol–water partition coefficient (Wildman–Crippen LogP) is 0.781. The quantitative estimate of drug-likeness (QED) is 0.777. The number of rotatable bonds is 7. The molecule has 2 aromatic rings. The van der Waals surface area contributed by atoms with Gasteiger partial charge in [0.1, 0.15) is 0 Å². The number of carbonyl (C=O) groups excluding carboxylic acids is 1. The van der Waals surface area contributed by atoms with E-state index in [1.54, 1.807) is 29.1 Å². The molecule has 1 saturated carbocycles. The molecule has 0 saturated heterocycles. The second kappa shape index (κ2) is 8.11. The van der Waals surface area contributed by atoms with Crippen LogP contribution in [0.25, 0.3) is 0 Å². The number of nitrogens with zero attached hydrogens (tertiary/aromatic N) is 3. The third-order valence-corrected chi connectivity index (χ3v) is 4.68. The number of hydrogen-bond donors (Lipinski definition) is 2. The van der Waals surface area contributed by atoms with Gasteiger partial charge in [0.15, 0.2) is 0 Å². The Morgan fingerprint density at radius 3 is 2.92 bits per heavy atom. The molecule has 7 heteroatoms. The van der Waals surface area contributed by atoms with E-state index < -0.39 is 6.10 Å². The first kappa shape index (κ1) is 17.4. The number of amides is 1. The molecule has 0 radical (unpaired) electrons. The minimum Gasteiger partial charge on any atom is -0.391 e. The number of carbonyl (C=O) groups is 1. The van der Waals surface area contributed by atoms with Crippen LogP contribution in [0.1, 0.15) is 25.7 Å². The average molecular weight is 344 g/mol. The van der Waals surface area contributed by atoms with Crippen LogP contribution in [0, 0.1) is 5.92 Å². The molecule has 1 aliphatic carbocycles. The summed E-state index contributed by atoms with van der Waals surface area (Å²) >= 11 is 0. The van der Waals surface area contributed by atoms with Crippen molar-refractivity contribution in [2.45, 2.75) is 50.9 Å². The second-order valence-corrected chi connectivity index (χ2v) is 6.64. The predicted molar refractivity (Wildman–Crippen MR) is 92.8 cm³/mol. The maximum Gasteiger partial charge on any atom is 0.250 e. The highest BCUT2D eigenvalue weighted by atomic mass is 16.3. The molecule has 2 aromatic heterocycles. The van der Waals surface area contributed by atoms with E-state index in [4.69, 9.17) is 0 Å². The molecule has 7 nitrogen and oxygen atoms in total. The van der Waals surface area contributed by atoms with Crippen LogP contribution in [-0.4, -0.2) is 37.5 Å². The number of aliphatic hydroxyl groups is 1. The molecule has 134 valence electrons. The number of aromatic nitrogens is 3. The lowest BCUT2D eigenvalue weighted by Gasteiger charge is -2.16. The van der Waals surface area contributed by atoms with Crippen molar-refractivity contribution in [3.8, 4) is 0 Å². The van der Waals surface area contributed by atoms with Gasteiger partial charge in [0.25, 0.3) is 0 Å². The van der Waals surface area contributed by atoms with Gasteiger partial charge in [0.05, 0.1) is 12.1 Å². The first-order valence-corrected chi connectivity index (χ1v) is 8.72. The van der Waals surface area contributed by atoms with Crippen LogP contribution in [0.5, 0.6) is 0 Å². The Balaban J connectivity index is 1.41. The summed E-state index contributed by atoms with van der Waals surface area (Å²) in [5.74, 6) is 0.232. The van der Waals surface area contributed by atoms with Gasteiger partial charge in [-0.15, -0.1) is 0 Å². The van der Waals surface area contributed by atoms with E-state index in [-0.39, 0.29) is 17.5 Å². The molecule has 1 aliphatic rings. The molecule has 0 aliphatic heterocycles. The van der Waals surface area contributed by atoms with Gasteiger partial charge < -0.3 is 15.0 Å². The SMILES string of the molecule is O=C(CCCn1ccccc1=O)N[C@@H]1CC(Cn2cccn2)C[C@H]1O. The van der Waals surface area contributed by atoms with Gasteiger partial charge in [-0.1, -0.05) is 6.07 Å². The highest BCUT2D eigenvalue weighted by molar-refractivity contribution is 5.76. The third-order valence-electron chi connectivity index (χ3n) is 4.68. The van der Waals surface area contributed by atoms with E-state index in [0.29, 0.717) is 31.7 Å². The highest BCUT2D eigenvalue weighted by Crippen LogP contribution is 2.27. The van der Waals surface area contributed by atoms with Gasteiger partial charge in [-0.05, 0) is 37.3 Å². The van der Waals surface area contributed by atoms with Crippen LogP contribution < -0.4 is 10.9 Å². The maximum absolute atomic E-state index is 12.1. The Bertz CT molecular complexity index is 741. The first-order valence-electron chi connectivity index (χ1n) is 8.72. The monoisotopic (exact) mass is 344 g/mol. The Labute approximate surface area is 146 Å². The minimum atomic E-state index is -0.513. The second-order valence-electron chi connectivity index (χ2n) is 6.64. The summed E-state index contributed by atoms with van der Waals surface area (Å²) in [6.45, 7) is 1.27. The van der Waals surface area contributed by atoms with Gasteiger partial charge in [0, 0.05) is 44.2 Å². The lowest BCUT2D eigenvalue weighted by molar-refractivity contribution is -0.122. The fraction of sp³-hybridized carbons (Fsp3) is 0.500. The van der Waals surface area contributed by atoms with E-state index in [2.05, 4.69) is 10.4 Å². The summed E-state index contributed by atoms with van der Waals surface area (Å²) in [5, 5.41) is 17.3. The fourth-order valence-corrected chi connectivity index (χ4v) is 3.43. The topological polar surface area (TPSA) is 89.2 Å². The van der Waals surface area contributed by atoms with Crippen LogP contribution in [0.3, 0.4) is 0 Å². The van der Waals surface area contributed by atoms with Crippen LogP contribution in [0.15, 0.2) is 47.7 Å². The summed E-state index contributed by atoms with van der Waals surface area (Å²) in [7, 11) is 0. The zero-order valence-electron chi connectivity index (χ0n) is 14.1. The van der Waals surface area contributed by atoms with Crippen molar-refractivity contribution in [3.05, 3.63) is 53.2 Å². The van der Waals surface area contributed by atoms with E-state index in [1.807, 2.05) is 16.9 Å². The lowest BCUT2D eigenvalue weighted by Crippen LogP contribution is -2.39. The zero-order chi connectivity index (χ0) is 17.6. The number of pyridine rings is 1. The summed E-state index contributed by atoms with van der Waals surface area (Å²) < 4.78 is 3.46. The summed E-state index contributed by atoms with van der Waals surface area (Å²) in [5.41, 5.74) is -0.0596. The maximum atomic E-state index is 12.1. The fourth-order valence-electron chi connectivity index (χ4n) is 3.43. The van der Waals surface area contributed by atoms with Crippen molar-refractivity contribution in [1.82, 2.24) is 19.7 Å². The number of aryl methyl sites for hydroxylation is 1. The largest absolute Gasteiger partial charge is 0.391 e. The smallest absolute Gasteiger partial charge is 0.250 e. The first-order chi connectivity index (χ1) is 12.1. The van der Waals surface area contributed by atoms with Crippen molar-refractivity contribution in [2.24, 2.45) is 5.92 Å². The molecule has 3 atom stereocenters. The molecule has 1 amide bonds. The molecule has 0 bridgehead atoms. The molecule has 2 heterocycles. The summed E-state index contributed by atoms with van der Waals surface area (Å²) in [6.07, 6.45) is 7.22. The lowest BCUT2D eigenvalue weighted by atomic mass is 10.1. The van der Waals surface area contributed by atoms with Crippen molar-refractivity contribution in [1.29, 1.82) is 0 Å². The molecule has 25 heavy (non-hydrogen) atoms. The van der Waals surface area contributed by atoms with Gasteiger partial charge in [0.2, 0.25) is 11.5 Å². The van der Waals surface area contributed by atoms with Crippen molar-refractivity contribution < 1.29 is 9.90 Å². The van der Waals surface area contributed by atoms with E-state index >= 15 is 0 Å². The Kier molecular flexibility index (Phi) is 5.65. The van der Waals surface area contributed by atoms with Crippen LogP contribution in [0.2, 0.25) is 0 Å². The van der Waals surface area contributed by atoms with Crippen molar-refractivity contribution in [3.63, 3.8) is 0 Å². The van der Waals surface area contributed by atoms with E-state index in [1.165, 1.54) is 6.07 Å². The van der Waals surface area contributed by atoms with Crippen LogP contribution >= 0.6 is 0 Å². The van der Waals surface area contributed by atoms with Gasteiger partial charge >= 0.3 is 0 Å². The molecule has 1 unspecified atom stereocenters. The molecule has 1 fully saturated rings. The number of aliphatic hydroxyl groups excluding tert-OH is 1.